The minimum Gasteiger partial charge on any atom is -0.438 e. The molecule has 0 aliphatic carbocycles. The van der Waals surface area contributed by atoms with Gasteiger partial charge in [-0.25, -0.2) is 4.79 Å². The maximum atomic E-state index is 12.9. The van der Waals surface area contributed by atoms with E-state index in [0.29, 0.717) is 5.57 Å². The number of nitrogens with zero attached hydrogens (tertiary/aromatic N) is 2. The highest BCUT2D eigenvalue weighted by molar-refractivity contribution is 5.87. The Morgan fingerprint density at radius 2 is 1.33 bits per heavy atom. The van der Waals surface area contributed by atoms with Gasteiger partial charge in [0.05, 0.1) is 5.54 Å². The molecule has 2 aliphatic heterocycles. The predicted molar refractivity (Wildman–Crippen MR) is 113 cm³/mol. The van der Waals surface area contributed by atoms with Crippen molar-refractivity contribution in [2.45, 2.75) is 122 Å². The molecular weight excluding hydrogens is 336 g/mol. The van der Waals surface area contributed by atoms with Crippen molar-refractivity contribution in [2.75, 3.05) is 7.05 Å². The maximum Gasteiger partial charge on any atom is 0.334 e. The van der Waals surface area contributed by atoms with Crippen molar-refractivity contribution >= 4 is 5.97 Å². The molecule has 0 aromatic rings. The number of piperidine rings is 2. The van der Waals surface area contributed by atoms with Gasteiger partial charge in [0.1, 0.15) is 0 Å². The van der Waals surface area contributed by atoms with Crippen LogP contribution in [-0.4, -0.2) is 50.7 Å². The third kappa shape index (κ3) is 3.48. The van der Waals surface area contributed by atoms with Gasteiger partial charge in [-0.15, -0.1) is 0 Å². The number of esters is 1. The van der Waals surface area contributed by atoms with E-state index in [1.165, 1.54) is 6.42 Å². The molecule has 1 unspecified atom stereocenters. The first-order chi connectivity index (χ1) is 12.0. The highest BCUT2D eigenvalue weighted by Crippen LogP contribution is 2.54. The first-order valence-corrected chi connectivity index (χ1v) is 10.4. The topological polar surface area (TPSA) is 32.8 Å². The largest absolute Gasteiger partial charge is 0.438 e. The van der Waals surface area contributed by atoms with Crippen molar-refractivity contribution in [1.29, 1.82) is 0 Å². The zero-order chi connectivity index (χ0) is 21.1. The molecule has 2 saturated heterocycles. The van der Waals surface area contributed by atoms with Crippen molar-refractivity contribution < 1.29 is 9.53 Å². The Hall–Kier alpha value is -0.870. The Morgan fingerprint density at radius 1 is 0.852 bits per heavy atom. The smallest absolute Gasteiger partial charge is 0.334 e. The lowest BCUT2D eigenvalue weighted by Crippen LogP contribution is -2.81. The van der Waals surface area contributed by atoms with Crippen LogP contribution in [0.25, 0.3) is 0 Å². The van der Waals surface area contributed by atoms with E-state index < -0.39 is 5.72 Å². The van der Waals surface area contributed by atoms with Gasteiger partial charge in [-0.1, -0.05) is 6.58 Å². The molecule has 2 fully saturated rings. The van der Waals surface area contributed by atoms with E-state index in [9.17, 15) is 4.79 Å². The number of likely N-dealkylation sites (tertiary alicyclic amines) is 2. The zero-order valence-electron chi connectivity index (χ0n) is 19.5. The summed E-state index contributed by atoms with van der Waals surface area (Å²) in [5.41, 5.74) is -0.669. The van der Waals surface area contributed by atoms with Crippen LogP contribution in [0.5, 0.6) is 0 Å². The summed E-state index contributed by atoms with van der Waals surface area (Å²) in [7, 11) is 2.17. The van der Waals surface area contributed by atoms with Crippen molar-refractivity contribution in [3.63, 3.8) is 0 Å². The summed E-state index contributed by atoms with van der Waals surface area (Å²) in [5, 5.41) is 0. The van der Waals surface area contributed by atoms with Crippen molar-refractivity contribution in [3.8, 4) is 0 Å². The zero-order valence-corrected chi connectivity index (χ0v) is 19.5. The van der Waals surface area contributed by atoms with Crippen molar-refractivity contribution in [3.05, 3.63) is 12.2 Å². The Labute approximate surface area is 167 Å². The lowest BCUT2D eigenvalue weighted by Gasteiger charge is -2.69. The summed E-state index contributed by atoms with van der Waals surface area (Å²) in [6, 6.07) is 0. The molecule has 4 nitrogen and oxygen atoms in total. The molecule has 0 spiro atoms. The molecule has 2 heterocycles. The number of hydrogen-bond donors (Lipinski definition) is 0. The van der Waals surface area contributed by atoms with Crippen LogP contribution in [0.3, 0.4) is 0 Å². The van der Waals surface area contributed by atoms with Gasteiger partial charge in [0.15, 0.2) is 5.72 Å². The average molecular weight is 379 g/mol. The van der Waals surface area contributed by atoms with Crippen LogP contribution in [-0.2, 0) is 9.53 Å². The average Bonchev–Trinajstić information content (AvgIpc) is 2.48. The van der Waals surface area contributed by atoms with Gasteiger partial charge in [0, 0.05) is 28.6 Å². The SMILES string of the molecule is C=C(C)C(=O)OC1(N2C(C)(C)CCCC2(C)C)CCC(C)(C)N(C)C1(C)C. The molecule has 0 radical (unpaired) electrons. The Bertz CT molecular complexity index is 602. The number of hydrogen-bond acceptors (Lipinski definition) is 4. The van der Waals surface area contributed by atoms with Crippen LogP contribution < -0.4 is 0 Å². The number of ether oxygens (including phenoxy) is 1. The minimum absolute atomic E-state index is 0.0483. The first kappa shape index (κ1) is 22.4. The second-order valence-electron chi connectivity index (χ2n) is 11.2. The first-order valence-electron chi connectivity index (χ1n) is 10.4. The maximum absolute atomic E-state index is 12.9. The highest BCUT2D eigenvalue weighted by atomic mass is 16.6. The van der Waals surface area contributed by atoms with Crippen LogP contribution >= 0.6 is 0 Å². The molecule has 0 aromatic heterocycles. The van der Waals surface area contributed by atoms with Crippen molar-refractivity contribution in [2.24, 2.45) is 0 Å². The Balaban J connectivity index is 2.71. The second-order valence-corrected chi connectivity index (χ2v) is 11.2. The standard InChI is InChI=1S/C23H42N2O2/c1-17(2)18(26)27-23(16-15-19(3,4)24(11)22(23,9)10)25-20(5,6)13-12-14-21(25,7)8/h1,12-16H2,2-11H3. The molecule has 156 valence electrons. The molecule has 2 aliphatic rings. The van der Waals surface area contributed by atoms with E-state index >= 15 is 0 Å². The molecular formula is C23H42N2O2. The Morgan fingerprint density at radius 3 is 1.78 bits per heavy atom. The summed E-state index contributed by atoms with van der Waals surface area (Å²) < 4.78 is 6.48. The fraction of sp³-hybridized carbons (Fsp3) is 0.870. The molecule has 0 N–H and O–H groups in total. The third-order valence-corrected chi connectivity index (χ3v) is 7.54. The number of rotatable bonds is 3. The summed E-state index contributed by atoms with van der Waals surface area (Å²) in [6.45, 7) is 23.9. The van der Waals surface area contributed by atoms with Crippen LogP contribution in [0.4, 0.5) is 0 Å². The van der Waals surface area contributed by atoms with Gasteiger partial charge in [-0.05, 0) is 95.0 Å². The van der Waals surface area contributed by atoms with Gasteiger partial charge < -0.3 is 4.74 Å². The van der Waals surface area contributed by atoms with Crippen LogP contribution in [0.15, 0.2) is 12.2 Å². The molecule has 0 aromatic carbocycles. The Kier molecular flexibility index (Phi) is 5.47. The van der Waals surface area contributed by atoms with E-state index in [1.54, 1.807) is 6.92 Å². The van der Waals surface area contributed by atoms with E-state index in [1.807, 2.05) is 0 Å². The molecule has 0 amide bonds. The lowest BCUT2D eigenvalue weighted by molar-refractivity contribution is -0.297. The van der Waals surface area contributed by atoms with E-state index in [4.69, 9.17) is 4.74 Å². The fourth-order valence-electron chi connectivity index (χ4n) is 5.79. The van der Waals surface area contributed by atoms with Crippen LogP contribution in [0.2, 0.25) is 0 Å². The fourth-order valence-corrected chi connectivity index (χ4v) is 5.79. The number of likely N-dealkylation sites (N-methyl/N-ethyl adjacent to an activating group) is 1. The minimum atomic E-state index is -0.708. The lowest BCUT2D eigenvalue weighted by atomic mass is 9.67. The summed E-state index contributed by atoms with van der Waals surface area (Å²) >= 11 is 0. The predicted octanol–water partition coefficient (Wildman–Crippen LogP) is 5.13. The van der Waals surface area contributed by atoms with Crippen LogP contribution in [0, 0.1) is 0 Å². The second kappa shape index (κ2) is 6.59. The van der Waals surface area contributed by atoms with Gasteiger partial charge in [-0.3, -0.25) is 9.80 Å². The molecule has 0 bridgehead atoms. The van der Waals surface area contributed by atoms with E-state index in [2.05, 4.69) is 78.8 Å². The summed E-state index contributed by atoms with van der Waals surface area (Å²) in [6.07, 6.45) is 5.20. The molecule has 1 atom stereocenters. The van der Waals surface area contributed by atoms with E-state index in [-0.39, 0.29) is 28.1 Å². The molecule has 27 heavy (non-hydrogen) atoms. The quantitative estimate of drug-likeness (QED) is 0.503. The molecule has 2 rings (SSSR count). The van der Waals surface area contributed by atoms with Crippen LogP contribution in [0.1, 0.15) is 94.4 Å². The monoisotopic (exact) mass is 378 g/mol. The molecule has 0 saturated carbocycles. The van der Waals surface area contributed by atoms with Crippen molar-refractivity contribution in [1.82, 2.24) is 9.80 Å². The van der Waals surface area contributed by atoms with Gasteiger partial charge >= 0.3 is 5.97 Å². The number of carbonyl (C=O) groups excluding carboxylic acids is 1. The highest BCUT2D eigenvalue weighted by Gasteiger charge is 2.65. The number of carbonyl (C=O) groups is 1. The van der Waals surface area contributed by atoms with Gasteiger partial charge in [0.2, 0.25) is 0 Å². The summed E-state index contributed by atoms with van der Waals surface area (Å²) in [5.74, 6) is -0.284. The summed E-state index contributed by atoms with van der Waals surface area (Å²) in [4.78, 5) is 17.8. The van der Waals surface area contributed by atoms with Gasteiger partial charge in [-0.2, -0.15) is 0 Å². The normalized spacial score (nSPS) is 32.7. The van der Waals surface area contributed by atoms with E-state index in [0.717, 1.165) is 25.7 Å². The third-order valence-electron chi connectivity index (χ3n) is 7.54. The van der Waals surface area contributed by atoms with Gasteiger partial charge in [0.25, 0.3) is 0 Å². The molecule has 4 heteroatoms.